The van der Waals surface area contributed by atoms with Gasteiger partial charge >= 0.3 is 11.9 Å². The normalized spacial score (nSPS) is 40.1. The number of carbonyl (C=O) groups excluding carboxylic acids is 2. The topological polar surface area (TPSA) is 93.1 Å². The Balaban J connectivity index is 1.60. The minimum absolute atomic E-state index is 0.0509. The van der Waals surface area contributed by atoms with E-state index in [1.807, 2.05) is 12.2 Å². The smallest absolute Gasteiger partial charge is 0.332 e. The third-order valence-electron chi connectivity index (χ3n) is 7.75. The maximum absolute atomic E-state index is 11.7. The molecule has 29 heavy (non-hydrogen) atoms. The first-order valence-electron chi connectivity index (χ1n) is 10.5. The average molecular weight is 402 g/mol. The van der Waals surface area contributed by atoms with Crippen molar-refractivity contribution in [2.24, 2.45) is 22.7 Å². The van der Waals surface area contributed by atoms with Crippen molar-refractivity contribution in [3.8, 4) is 0 Å². The maximum Gasteiger partial charge on any atom is 0.332 e. The molecule has 0 heterocycles. The van der Waals surface area contributed by atoms with E-state index in [0.29, 0.717) is 5.92 Å². The van der Waals surface area contributed by atoms with Gasteiger partial charge in [0.25, 0.3) is 0 Å². The Morgan fingerprint density at radius 2 is 1.79 bits per heavy atom. The molecule has 3 unspecified atom stereocenters. The Kier molecular flexibility index (Phi) is 5.20. The summed E-state index contributed by atoms with van der Waals surface area (Å²) in [6, 6.07) is 0. The lowest BCUT2D eigenvalue weighted by Crippen LogP contribution is -2.45. The van der Waals surface area contributed by atoms with E-state index in [2.05, 4.69) is 26.0 Å². The minimum atomic E-state index is -0.592. The van der Waals surface area contributed by atoms with Crippen LogP contribution in [0.5, 0.6) is 0 Å². The predicted molar refractivity (Wildman–Crippen MR) is 106 cm³/mol. The maximum atomic E-state index is 11.7. The highest BCUT2D eigenvalue weighted by atomic mass is 16.6. The van der Waals surface area contributed by atoms with Gasteiger partial charge in [0.1, 0.15) is 25.4 Å². The Hall–Kier alpha value is -1.92. The average Bonchev–Trinajstić information content (AvgIpc) is 3.04. The van der Waals surface area contributed by atoms with Crippen LogP contribution in [0.1, 0.15) is 46.0 Å². The number of carbonyl (C=O) groups is 2. The summed E-state index contributed by atoms with van der Waals surface area (Å²) in [5, 5.41) is 18.0. The van der Waals surface area contributed by atoms with E-state index < -0.39 is 25.2 Å². The molecular formula is C23H30O6. The van der Waals surface area contributed by atoms with E-state index in [9.17, 15) is 9.59 Å². The van der Waals surface area contributed by atoms with Gasteiger partial charge in [-0.2, -0.15) is 0 Å². The summed E-state index contributed by atoms with van der Waals surface area (Å²) in [4.78, 5) is 23.1. The molecule has 6 atom stereocenters. The lowest BCUT2D eigenvalue weighted by molar-refractivity contribution is -0.156. The van der Waals surface area contributed by atoms with E-state index in [1.54, 1.807) is 0 Å². The molecule has 0 aromatic heterocycles. The van der Waals surface area contributed by atoms with Crippen LogP contribution in [0.15, 0.2) is 35.5 Å². The van der Waals surface area contributed by atoms with Crippen LogP contribution in [-0.2, 0) is 19.1 Å². The fourth-order valence-corrected chi connectivity index (χ4v) is 6.09. The number of aliphatic hydroxyl groups excluding tert-OH is 2. The van der Waals surface area contributed by atoms with Crippen LogP contribution in [0.25, 0.3) is 0 Å². The summed E-state index contributed by atoms with van der Waals surface area (Å²) in [7, 11) is 0. The molecule has 0 amide bonds. The molecule has 0 bridgehead atoms. The molecule has 4 aliphatic rings. The Labute approximate surface area is 171 Å². The minimum Gasteiger partial charge on any atom is -0.456 e. The lowest BCUT2D eigenvalue weighted by atomic mass is 9.53. The van der Waals surface area contributed by atoms with E-state index in [-0.39, 0.29) is 29.0 Å². The second kappa shape index (κ2) is 7.40. The number of rotatable bonds is 4. The molecule has 0 aromatic rings. The molecular weight excluding hydrogens is 372 g/mol. The monoisotopic (exact) mass is 402 g/mol. The quantitative estimate of drug-likeness (QED) is 0.554. The van der Waals surface area contributed by atoms with Gasteiger partial charge in [0.15, 0.2) is 0 Å². The third kappa shape index (κ3) is 3.26. The van der Waals surface area contributed by atoms with Gasteiger partial charge in [0.05, 0.1) is 0 Å². The Morgan fingerprint density at radius 1 is 1.07 bits per heavy atom. The molecule has 0 spiro atoms. The highest BCUT2D eigenvalue weighted by Crippen LogP contribution is 2.61. The van der Waals surface area contributed by atoms with Gasteiger partial charge in [-0.25, -0.2) is 9.59 Å². The second-order valence-electron chi connectivity index (χ2n) is 9.24. The summed E-state index contributed by atoms with van der Waals surface area (Å²) in [6.07, 6.45) is 12.5. The fourth-order valence-electron chi connectivity index (χ4n) is 6.09. The number of ether oxygens (including phenoxy) is 2. The van der Waals surface area contributed by atoms with Crippen LogP contribution in [0.2, 0.25) is 0 Å². The van der Waals surface area contributed by atoms with E-state index in [0.717, 1.165) is 32.1 Å². The van der Waals surface area contributed by atoms with Gasteiger partial charge in [0, 0.05) is 16.7 Å². The zero-order valence-electron chi connectivity index (χ0n) is 17.1. The number of hydrogen-bond donors (Lipinski definition) is 2. The van der Waals surface area contributed by atoms with Crippen LogP contribution < -0.4 is 0 Å². The molecule has 0 aromatic carbocycles. The Bertz CT molecular complexity index is 795. The van der Waals surface area contributed by atoms with Crippen LogP contribution in [0.4, 0.5) is 0 Å². The molecule has 158 valence electrons. The number of aliphatic hydroxyl groups is 2. The SMILES string of the molecule is C[C@]12C=CC(OC(=O)CO)CC1CCC1=C2CC[C@]2(C)C(OC(=O)CO)C=C[C@@H]12. The third-order valence-corrected chi connectivity index (χ3v) is 7.75. The molecule has 4 aliphatic carbocycles. The molecule has 0 saturated carbocycles. The van der Waals surface area contributed by atoms with E-state index in [1.165, 1.54) is 11.1 Å². The van der Waals surface area contributed by atoms with Gasteiger partial charge in [-0.05, 0) is 50.2 Å². The summed E-state index contributed by atoms with van der Waals surface area (Å²) in [5.41, 5.74) is 2.74. The van der Waals surface area contributed by atoms with Crippen molar-refractivity contribution in [1.29, 1.82) is 0 Å². The van der Waals surface area contributed by atoms with Gasteiger partial charge in [-0.1, -0.05) is 37.1 Å². The van der Waals surface area contributed by atoms with Crippen molar-refractivity contribution in [2.75, 3.05) is 13.2 Å². The molecule has 0 radical (unpaired) electrons. The van der Waals surface area contributed by atoms with Gasteiger partial charge in [0.2, 0.25) is 0 Å². The fraction of sp³-hybridized carbons (Fsp3) is 0.652. The van der Waals surface area contributed by atoms with Crippen molar-refractivity contribution in [2.45, 2.75) is 58.2 Å². The molecule has 6 heteroatoms. The molecule has 0 aliphatic heterocycles. The number of esters is 2. The first-order chi connectivity index (χ1) is 13.8. The molecule has 2 N–H and O–H groups in total. The largest absolute Gasteiger partial charge is 0.456 e. The van der Waals surface area contributed by atoms with Crippen molar-refractivity contribution in [3.05, 3.63) is 35.5 Å². The van der Waals surface area contributed by atoms with Crippen molar-refractivity contribution in [3.63, 3.8) is 0 Å². The summed E-state index contributed by atoms with van der Waals surface area (Å²) in [6.45, 7) is 3.30. The van der Waals surface area contributed by atoms with Crippen LogP contribution in [0, 0.1) is 22.7 Å². The van der Waals surface area contributed by atoms with Gasteiger partial charge in [-0.15, -0.1) is 0 Å². The predicted octanol–water partition coefficient (Wildman–Crippen LogP) is 2.45. The first-order valence-corrected chi connectivity index (χ1v) is 10.5. The zero-order chi connectivity index (χ0) is 20.8. The molecule has 0 fully saturated rings. The number of fused-ring (bicyclic) bond motifs is 4. The summed E-state index contributed by atoms with van der Waals surface area (Å²) in [5.74, 6) is -0.498. The van der Waals surface area contributed by atoms with Crippen LogP contribution >= 0.6 is 0 Å². The number of allylic oxidation sites excluding steroid dienone is 4. The van der Waals surface area contributed by atoms with Crippen LogP contribution in [0.3, 0.4) is 0 Å². The second-order valence-corrected chi connectivity index (χ2v) is 9.24. The van der Waals surface area contributed by atoms with E-state index in [4.69, 9.17) is 19.7 Å². The zero-order valence-corrected chi connectivity index (χ0v) is 17.1. The standard InChI is InChI=1S/C23H30O6/c1-22-9-7-15(28-20(26)12-24)11-14(22)3-4-16-17-5-6-19(29-21(27)13-25)23(17,2)10-8-18(16)22/h5-7,9,14-15,17,19,24-25H,3-4,8,10-13H2,1-2H3/t14?,15?,17-,19?,22-,23-/m0/s1. The summed E-state index contributed by atoms with van der Waals surface area (Å²) >= 11 is 0. The van der Waals surface area contributed by atoms with E-state index >= 15 is 0 Å². The molecule has 6 nitrogen and oxygen atoms in total. The van der Waals surface area contributed by atoms with Gasteiger partial charge in [-0.3, -0.25) is 0 Å². The highest BCUT2D eigenvalue weighted by molar-refractivity contribution is 5.71. The summed E-state index contributed by atoms with van der Waals surface area (Å²) < 4.78 is 10.9. The first kappa shape index (κ1) is 20.4. The van der Waals surface area contributed by atoms with Crippen molar-refractivity contribution >= 4 is 11.9 Å². The molecule has 4 rings (SSSR count). The highest BCUT2D eigenvalue weighted by Gasteiger charge is 2.54. The van der Waals surface area contributed by atoms with Crippen molar-refractivity contribution < 1.29 is 29.3 Å². The number of hydrogen-bond acceptors (Lipinski definition) is 6. The Morgan fingerprint density at radius 3 is 2.52 bits per heavy atom. The van der Waals surface area contributed by atoms with Crippen LogP contribution in [-0.4, -0.2) is 47.6 Å². The van der Waals surface area contributed by atoms with Gasteiger partial charge < -0.3 is 19.7 Å². The molecule has 0 saturated heterocycles. The van der Waals surface area contributed by atoms with Crippen molar-refractivity contribution in [1.82, 2.24) is 0 Å². The lowest BCUT2D eigenvalue weighted by Gasteiger charge is -2.52.